The molecule has 6 nitrogen and oxygen atoms in total. The second kappa shape index (κ2) is 8.93. The van der Waals surface area contributed by atoms with Crippen LogP contribution in [0.2, 0.25) is 0 Å². The Bertz CT molecular complexity index is 876. The van der Waals surface area contributed by atoms with Gasteiger partial charge in [0.25, 0.3) is 0 Å². The van der Waals surface area contributed by atoms with Crippen molar-refractivity contribution in [3.05, 3.63) is 47.5 Å². The lowest BCUT2D eigenvalue weighted by molar-refractivity contribution is -0.130. The Kier molecular flexibility index (Phi) is 6.11. The number of carbonyl (C=O) groups is 1. The zero-order chi connectivity index (χ0) is 21.1. The Hall–Kier alpha value is -2.77. The SMILES string of the molecule is CC1CCN(c2ccc(N3CCN(C(=O)Cc4ccc(F)cc4F)CC3)nn2)CC1. The van der Waals surface area contributed by atoms with Crippen molar-refractivity contribution in [2.75, 3.05) is 49.1 Å². The average Bonchev–Trinajstić information content (AvgIpc) is 2.76. The van der Waals surface area contributed by atoms with Gasteiger partial charge in [-0.3, -0.25) is 4.79 Å². The molecule has 30 heavy (non-hydrogen) atoms. The number of anilines is 2. The molecule has 0 atom stereocenters. The van der Waals surface area contributed by atoms with Crippen molar-refractivity contribution in [2.24, 2.45) is 5.92 Å². The van der Waals surface area contributed by atoms with Crippen LogP contribution in [-0.4, -0.2) is 60.3 Å². The maximum absolute atomic E-state index is 13.8. The fourth-order valence-electron chi connectivity index (χ4n) is 4.02. The molecule has 0 N–H and O–H groups in total. The Balaban J connectivity index is 1.30. The molecule has 2 aliphatic rings. The first-order valence-corrected chi connectivity index (χ1v) is 10.5. The number of benzene rings is 1. The maximum Gasteiger partial charge on any atom is 0.227 e. The van der Waals surface area contributed by atoms with E-state index in [1.165, 1.54) is 25.0 Å². The van der Waals surface area contributed by atoms with Gasteiger partial charge in [0.2, 0.25) is 5.91 Å². The van der Waals surface area contributed by atoms with Gasteiger partial charge >= 0.3 is 0 Å². The molecule has 0 radical (unpaired) electrons. The maximum atomic E-state index is 13.8. The van der Waals surface area contributed by atoms with Gasteiger partial charge in [-0.1, -0.05) is 13.0 Å². The van der Waals surface area contributed by atoms with Gasteiger partial charge in [-0.15, -0.1) is 10.2 Å². The van der Waals surface area contributed by atoms with E-state index in [4.69, 9.17) is 0 Å². The summed E-state index contributed by atoms with van der Waals surface area (Å²) in [5.41, 5.74) is 0.220. The molecular formula is C22H27F2N5O. The molecule has 0 aliphatic carbocycles. The van der Waals surface area contributed by atoms with E-state index in [1.807, 2.05) is 12.1 Å². The van der Waals surface area contributed by atoms with Gasteiger partial charge in [0, 0.05) is 45.3 Å². The third-order valence-electron chi connectivity index (χ3n) is 6.06. The van der Waals surface area contributed by atoms with E-state index < -0.39 is 11.6 Å². The van der Waals surface area contributed by atoms with Gasteiger partial charge < -0.3 is 14.7 Å². The molecule has 2 fully saturated rings. The minimum atomic E-state index is -0.680. The molecule has 2 saturated heterocycles. The van der Waals surface area contributed by atoms with Crippen LogP contribution in [0.25, 0.3) is 0 Å². The predicted octanol–water partition coefficient (Wildman–Crippen LogP) is 2.88. The van der Waals surface area contributed by atoms with Crippen LogP contribution in [0.3, 0.4) is 0 Å². The van der Waals surface area contributed by atoms with E-state index in [0.29, 0.717) is 26.2 Å². The minimum Gasteiger partial charge on any atom is -0.355 e. The van der Waals surface area contributed by atoms with Crippen LogP contribution >= 0.6 is 0 Å². The summed E-state index contributed by atoms with van der Waals surface area (Å²) in [5, 5.41) is 8.81. The summed E-state index contributed by atoms with van der Waals surface area (Å²) in [5.74, 6) is 1.02. The second-order valence-electron chi connectivity index (χ2n) is 8.20. The molecule has 160 valence electrons. The quantitative estimate of drug-likeness (QED) is 0.769. The fraction of sp³-hybridized carbons (Fsp3) is 0.500. The number of aromatic nitrogens is 2. The van der Waals surface area contributed by atoms with E-state index in [1.54, 1.807) is 4.90 Å². The van der Waals surface area contributed by atoms with Crippen molar-refractivity contribution in [1.29, 1.82) is 0 Å². The van der Waals surface area contributed by atoms with Gasteiger partial charge in [0.05, 0.1) is 6.42 Å². The highest BCUT2D eigenvalue weighted by atomic mass is 19.1. The van der Waals surface area contributed by atoms with Crippen LogP contribution in [0.4, 0.5) is 20.4 Å². The van der Waals surface area contributed by atoms with Crippen LogP contribution in [0.1, 0.15) is 25.3 Å². The van der Waals surface area contributed by atoms with Gasteiger partial charge in [-0.2, -0.15) is 0 Å². The van der Waals surface area contributed by atoms with Crippen molar-refractivity contribution >= 4 is 17.5 Å². The monoisotopic (exact) mass is 415 g/mol. The van der Waals surface area contributed by atoms with Crippen molar-refractivity contribution in [2.45, 2.75) is 26.2 Å². The molecule has 1 aromatic heterocycles. The number of nitrogens with zero attached hydrogens (tertiary/aromatic N) is 5. The summed E-state index contributed by atoms with van der Waals surface area (Å²) in [6.07, 6.45) is 2.30. The number of hydrogen-bond donors (Lipinski definition) is 0. The normalized spacial score (nSPS) is 18.0. The first kappa shape index (κ1) is 20.5. The molecule has 0 saturated carbocycles. The summed E-state index contributed by atoms with van der Waals surface area (Å²) in [6.45, 7) is 6.69. The number of carbonyl (C=O) groups excluding carboxylic acids is 1. The van der Waals surface area contributed by atoms with Crippen LogP contribution in [0.15, 0.2) is 30.3 Å². The number of halogens is 2. The van der Waals surface area contributed by atoms with E-state index in [2.05, 4.69) is 26.9 Å². The minimum absolute atomic E-state index is 0.0604. The third kappa shape index (κ3) is 4.68. The zero-order valence-corrected chi connectivity index (χ0v) is 17.2. The summed E-state index contributed by atoms with van der Waals surface area (Å²) in [7, 11) is 0. The smallest absolute Gasteiger partial charge is 0.227 e. The van der Waals surface area contributed by atoms with E-state index in [0.717, 1.165) is 36.7 Å². The summed E-state index contributed by atoms with van der Waals surface area (Å²) < 4.78 is 26.8. The topological polar surface area (TPSA) is 52.6 Å². The highest BCUT2D eigenvalue weighted by molar-refractivity contribution is 5.79. The molecule has 2 aromatic rings. The average molecular weight is 415 g/mol. The first-order valence-electron chi connectivity index (χ1n) is 10.5. The van der Waals surface area contributed by atoms with Crippen molar-refractivity contribution in [1.82, 2.24) is 15.1 Å². The molecule has 2 aliphatic heterocycles. The second-order valence-corrected chi connectivity index (χ2v) is 8.20. The number of piperazine rings is 1. The van der Waals surface area contributed by atoms with Crippen LogP contribution in [0.5, 0.6) is 0 Å². The number of piperidine rings is 1. The Labute approximate surface area is 175 Å². The van der Waals surface area contributed by atoms with Crippen LogP contribution < -0.4 is 9.80 Å². The number of rotatable bonds is 4. The largest absolute Gasteiger partial charge is 0.355 e. The fourth-order valence-corrected chi connectivity index (χ4v) is 4.02. The highest BCUT2D eigenvalue weighted by Crippen LogP contribution is 2.22. The molecule has 1 aromatic carbocycles. The molecule has 4 rings (SSSR count). The van der Waals surface area contributed by atoms with Crippen molar-refractivity contribution in [3.8, 4) is 0 Å². The third-order valence-corrected chi connectivity index (χ3v) is 6.06. The summed E-state index contributed by atoms with van der Waals surface area (Å²) in [4.78, 5) is 18.6. The van der Waals surface area contributed by atoms with Crippen molar-refractivity contribution < 1.29 is 13.6 Å². The first-order chi connectivity index (χ1) is 14.5. The highest BCUT2D eigenvalue weighted by Gasteiger charge is 2.24. The standard InChI is InChI=1S/C22H27F2N5O/c1-16-6-8-27(9-7-16)20-4-5-21(26-25-20)28-10-12-29(13-11-28)22(30)14-17-2-3-18(23)15-19(17)24/h2-5,15-16H,6-14H2,1H3. The van der Waals surface area contributed by atoms with Gasteiger partial charge in [-0.25, -0.2) is 8.78 Å². The Morgan fingerprint density at radius 3 is 2.10 bits per heavy atom. The molecule has 0 bridgehead atoms. The molecule has 1 amide bonds. The van der Waals surface area contributed by atoms with Crippen molar-refractivity contribution in [3.63, 3.8) is 0 Å². The van der Waals surface area contributed by atoms with E-state index >= 15 is 0 Å². The lowest BCUT2D eigenvalue weighted by Crippen LogP contribution is -2.49. The molecule has 0 spiro atoms. The van der Waals surface area contributed by atoms with Crippen LogP contribution in [-0.2, 0) is 11.2 Å². The number of hydrogen-bond acceptors (Lipinski definition) is 5. The van der Waals surface area contributed by atoms with E-state index in [-0.39, 0.29) is 17.9 Å². The molecule has 8 heteroatoms. The Morgan fingerprint density at radius 2 is 1.53 bits per heavy atom. The molecular weight excluding hydrogens is 388 g/mol. The van der Waals surface area contributed by atoms with Gasteiger partial charge in [-0.05, 0) is 42.5 Å². The summed E-state index contributed by atoms with van der Waals surface area (Å²) in [6, 6.07) is 7.33. The van der Waals surface area contributed by atoms with Gasteiger partial charge in [0.15, 0.2) is 11.6 Å². The predicted molar refractivity (Wildman–Crippen MR) is 111 cm³/mol. The summed E-state index contributed by atoms with van der Waals surface area (Å²) >= 11 is 0. The van der Waals surface area contributed by atoms with Gasteiger partial charge in [0.1, 0.15) is 11.6 Å². The Morgan fingerprint density at radius 1 is 0.933 bits per heavy atom. The van der Waals surface area contributed by atoms with Crippen LogP contribution in [0, 0.1) is 17.6 Å². The number of amides is 1. The zero-order valence-electron chi connectivity index (χ0n) is 17.2. The molecule has 0 unspecified atom stereocenters. The van der Waals surface area contributed by atoms with E-state index in [9.17, 15) is 13.6 Å². The lowest BCUT2D eigenvalue weighted by Gasteiger charge is -2.35. The lowest BCUT2D eigenvalue weighted by atomic mass is 9.99. The molecule has 3 heterocycles.